The summed E-state index contributed by atoms with van der Waals surface area (Å²) >= 11 is 1.49. The summed E-state index contributed by atoms with van der Waals surface area (Å²) in [5.41, 5.74) is 6.91. The van der Waals surface area contributed by atoms with Gasteiger partial charge in [-0.05, 0) is 30.1 Å². The maximum Gasteiger partial charge on any atom is 0.328 e. The van der Waals surface area contributed by atoms with E-state index in [0.29, 0.717) is 12.2 Å². The smallest absolute Gasteiger partial charge is 0.328 e. The van der Waals surface area contributed by atoms with Gasteiger partial charge in [0.2, 0.25) is 17.7 Å². The normalized spacial score (nSPS) is 13.7. The number of nitrogens with one attached hydrogen (secondary N) is 4. The van der Waals surface area contributed by atoms with Crippen LogP contribution in [0.5, 0.6) is 0 Å². The second kappa shape index (κ2) is 12.8. The van der Waals surface area contributed by atoms with Crippen LogP contribution in [0.1, 0.15) is 12.0 Å². The number of hydrogen-bond acceptors (Lipinski definition) is 7. The fourth-order valence-corrected chi connectivity index (χ4v) is 3.69. The molecule has 11 nitrogen and oxygen atoms in total. The molecule has 0 spiro atoms. The number of benzene rings is 1. The number of hydrogen-bond donors (Lipinski definition) is 7. The van der Waals surface area contributed by atoms with Gasteiger partial charge in [-0.3, -0.25) is 14.4 Å². The first-order chi connectivity index (χ1) is 15.8. The van der Waals surface area contributed by atoms with Gasteiger partial charge in [0.05, 0.1) is 13.2 Å². The second-order valence-electron chi connectivity index (χ2n) is 7.31. The fraction of sp³-hybridized carbons (Fsp3) is 0.429. The van der Waals surface area contributed by atoms with E-state index in [1.165, 1.54) is 11.8 Å². The van der Waals surface area contributed by atoms with E-state index in [1.807, 2.05) is 30.5 Å². The van der Waals surface area contributed by atoms with Gasteiger partial charge in [-0.1, -0.05) is 18.2 Å². The number of nitrogens with two attached hydrogens (primary N) is 1. The van der Waals surface area contributed by atoms with Crippen molar-refractivity contribution in [2.24, 2.45) is 5.73 Å². The van der Waals surface area contributed by atoms with Gasteiger partial charge in [0.15, 0.2) is 0 Å². The predicted octanol–water partition coefficient (Wildman–Crippen LogP) is -1.05. The van der Waals surface area contributed by atoms with Crippen LogP contribution in [0.2, 0.25) is 0 Å². The number of carboxylic acids is 1. The van der Waals surface area contributed by atoms with Crippen LogP contribution in [0.15, 0.2) is 30.5 Å². The van der Waals surface area contributed by atoms with Crippen molar-refractivity contribution >= 4 is 46.4 Å². The molecule has 12 heteroatoms. The van der Waals surface area contributed by atoms with Gasteiger partial charge in [0, 0.05) is 23.5 Å². The van der Waals surface area contributed by atoms with Crippen molar-refractivity contribution in [1.82, 2.24) is 20.9 Å². The summed E-state index contributed by atoms with van der Waals surface area (Å²) in [5, 5.41) is 26.7. The molecule has 2 aromatic rings. The van der Waals surface area contributed by atoms with Gasteiger partial charge < -0.3 is 36.9 Å². The number of carbonyl (C=O) groups is 4. The Hall–Kier alpha value is -3.09. The molecule has 1 aromatic heterocycles. The Morgan fingerprint density at radius 2 is 1.73 bits per heavy atom. The van der Waals surface area contributed by atoms with Crippen LogP contribution in [0.25, 0.3) is 10.9 Å². The molecule has 3 amide bonds. The topological polar surface area (TPSA) is 187 Å². The Kier molecular flexibility index (Phi) is 10.2. The summed E-state index contributed by atoms with van der Waals surface area (Å²) in [6.07, 6.45) is 3.93. The SMILES string of the molecule is CSCCC(NC(=O)CN)C(=O)NC(Cc1c[nH]c2ccccc12)C(=O)NC(CO)C(=O)O. The largest absolute Gasteiger partial charge is 0.480 e. The summed E-state index contributed by atoms with van der Waals surface area (Å²) in [4.78, 5) is 52.0. The molecule has 0 fully saturated rings. The fourth-order valence-electron chi connectivity index (χ4n) is 3.22. The number of rotatable bonds is 13. The number of thioether (sulfide) groups is 1. The molecule has 33 heavy (non-hydrogen) atoms. The third-order valence-electron chi connectivity index (χ3n) is 4.98. The average Bonchev–Trinajstić information content (AvgIpc) is 3.21. The lowest BCUT2D eigenvalue weighted by molar-refractivity contribution is -0.143. The first kappa shape index (κ1) is 26.2. The van der Waals surface area contributed by atoms with E-state index < -0.39 is 48.4 Å². The first-order valence-corrected chi connectivity index (χ1v) is 11.7. The van der Waals surface area contributed by atoms with E-state index >= 15 is 0 Å². The van der Waals surface area contributed by atoms with Crippen molar-refractivity contribution in [2.45, 2.75) is 31.0 Å². The van der Waals surface area contributed by atoms with E-state index in [0.717, 1.165) is 16.5 Å². The Labute approximate surface area is 194 Å². The predicted molar refractivity (Wildman–Crippen MR) is 125 cm³/mol. The number of amides is 3. The molecule has 3 atom stereocenters. The molecular formula is C21H29N5O6S. The highest BCUT2D eigenvalue weighted by Crippen LogP contribution is 2.19. The first-order valence-electron chi connectivity index (χ1n) is 10.3. The molecule has 0 radical (unpaired) electrons. The molecule has 0 saturated carbocycles. The van der Waals surface area contributed by atoms with E-state index in [-0.39, 0.29) is 13.0 Å². The van der Waals surface area contributed by atoms with Crippen molar-refractivity contribution < 1.29 is 29.4 Å². The lowest BCUT2D eigenvalue weighted by Crippen LogP contribution is -2.57. The maximum atomic E-state index is 13.0. The van der Waals surface area contributed by atoms with Gasteiger partial charge in [0.1, 0.15) is 18.1 Å². The summed E-state index contributed by atoms with van der Waals surface area (Å²) < 4.78 is 0. The lowest BCUT2D eigenvalue weighted by Gasteiger charge is -2.24. The summed E-state index contributed by atoms with van der Waals surface area (Å²) in [7, 11) is 0. The molecule has 180 valence electrons. The Balaban J connectivity index is 2.27. The lowest BCUT2D eigenvalue weighted by atomic mass is 10.0. The van der Waals surface area contributed by atoms with E-state index in [1.54, 1.807) is 6.20 Å². The van der Waals surface area contributed by atoms with Gasteiger partial charge in [-0.15, -0.1) is 0 Å². The van der Waals surface area contributed by atoms with Crippen LogP contribution in [0, 0.1) is 0 Å². The Morgan fingerprint density at radius 1 is 1.06 bits per heavy atom. The van der Waals surface area contributed by atoms with Crippen molar-refractivity contribution in [1.29, 1.82) is 0 Å². The number of aliphatic hydroxyl groups is 1. The van der Waals surface area contributed by atoms with Crippen molar-refractivity contribution in [3.05, 3.63) is 36.0 Å². The minimum atomic E-state index is -1.52. The molecule has 1 heterocycles. The zero-order chi connectivity index (χ0) is 24.4. The monoisotopic (exact) mass is 479 g/mol. The van der Waals surface area contributed by atoms with Crippen LogP contribution in [0.3, 0.4) is 0 Å². The summed E-state index contributed by atoms with van der Waals surface area (Å²) in [6, 6.07) is 3.80. The number of carboxylic acid groups (broad SMARTS) is 1. The molecule has 0 bridgehead atoms. The molecule has 0 aliphatic heterocycles. The van der Waals surface area contributed by atoms with Crippen LogP contribution < -0.4 is 21.7 Å². The molecule has 2 rings (SSSR count). The quantitative estimate of drug-likeness (QED) is 0.190. The second-order valence-corrected chi connectivity index (χ2v) is 8.30. The minimum absolute atomic E-state index is 0.0550. The highest BCUT2D eigenvalue weighted by atomic mass is 32.2. The number of aromatic amines is 1. The number of aliphatic hydroxyl groups excluding tert-OH is 1. The van der Waals surface area contributed by atoms with Gasteiger partial charge in [-0.2, -0.15) is 11.8 Å². The maximum absolute atomic E-state index is 13.0. The van der Waals surface area contributed by atoms with Gasteiger partial charge >= 0.3 is 5.97 Å². The number of H-pyrrole nitrogens is 1. The van der Waals surface area contributed by atoms with Crippen LogP contribution >= 0.6 is 11.8 Å². The number of aromatic nitrogens is 1. The van der Waals surface area contributed by atoms with Crippen LogP contribution in [-0.4, -0.2) is 82.2 Å². The van der Waals surface area contributed by atoms with Crippen LogP contribution in [0.4, 0.5) is 0 Å². The zero-order valence-corrected chi connectivity index (χ0v) is 19.0. The van der Waals surface area contributed by atoms with Crippen molar-refractivity contribution in [3.63, 3.8) is 0 Å². The highest BCUT2D eigenvalue weighted by Gasteiger charge is 2.30. The summed E-state index contributed by atoms with van der Waals surface area (Å²) in [6.45, 7) is -1.10. The molecule has 3 unspecified atom stereocenters. The minimum Gasteiger partial charge on any atom is -0.480 e. The third kappa shape index (κ3) is 7.48. The highest BCUT2D eigenvalue weighted by molar-refractivity contribution is 7.98. The summed E-state index contributed by atoms with van der Waals surface area (Å²) in [5.74, 6) is -2.71. The average molecular weight is 480 g/mol. The Morgan fingerprint density at radius 3 is 2.36 bits per heavy atom. The Bertz CT molecular complexity index is 981. The molecular weight excluding hydrogens is 450 g/mol. The molecule has 0 aliphatic rings. The van der Waals surface area contributed by atoms with Gasteiger partial charge in [-0.25, -0.2) is 4.79 Å². The van der Waals surface area contributed by atoms with E-state index in [2.05, 4.69) is 20.9 Å². The number of para-hydroxylation sites is 1. The molecule has 8 N–H and O–H groups in total. The van der Waals surface area contributed by atoms with Crippen LogP contribution in [-0.2, 0) is 25.6 Å². The van der Waals surface area contributed by atoms with Crippen molar-refractivity contribution in [3.8, 4) is 0 Å². The standard InChI is InChI=1S/C21H29N5O6S/c1-33-7-6-15(24-18(28)9-22)19(29)25-16(20(30)26-17(11-27)21(31)32)8-12-10-23-14-5-3-2-4-13(12)14/h2-5,10,15-17,23,27H,6-9,11,22H2,1H3,(H,24,28)(H,25,29)(H,26,30)(H,31,32). The number of fused-ring (bicyclic) bond motifs is 1. The third-order valence-corrected chi connectivity index (χ3v) is 5.62. The van der Waals surface area contributed by atoms with Gasteiger partial charge in [0.25, 0.3) is 0 Å². The zero-order valence-electron chi connectivity index (χ0n) is 18.2. The molecule has 0 saturated heterocycles. The molecule has 0 aliphatic carbocycles. The van der Waals surface area contributed by atoms with E-state index in [4.69, 9.17) is 10.8 Å². The number of aliphatic carboxylic acids is 1. The number of carbonyl (C=O) groups excluding carboxylic acids is 3. The van der Waals surface area contributed by atoms with E-state index in [9.17, 15) is 24.3 Å². The van der Waals surface area contributed by atoms with Crippen molar-refractivity contribution in [2.75, 3.05) is 25.2 Å². The molecule has 1 aromatic carbocycles.